The third-order valence-electron chi connectivity index (χ3n) is 11.5. The average molecular weight is 410 g/mol. The van der Waals surface area contributed by atoms with Crippen molar-refractivity contribution in [1.82, 2.24) is 0 Å². The number of hydrogen-bond acceptors (Lipinski definition) is 2. The molecule has 6 saturated carbocycles. The molecule has 0 radical (unpaired) electrons. The lowest BCUT2D eigenvalue weighted by Crippen LogP contribution is -2.59. The van der Waals surface area contributed by atoms with Crippen LogP contribution >= 0.6 is 0 Å². The van der Waals surface area contributed by atoms with Crippen molar-refractivity contribution in [2.75, 3.05) is 13.2 Å². The summed E-state index contributed by atoms with van der Waals surface area (Å²) in [7, 11) is -0.105. The van der Waals surface area contributed by atoms with Gasteiger partial charge in [-0.15, -0.1) is 0 Å². The number of hydrogen-bond donors (Lipinski definition) is 0. The minimum atomic E-state index is -0.105. The molecule has 0 aromatic heterocycles. The molecule has 0 aromatic carbocycles. The fourth-order valence-electron chi connectivity index (χ4n) is 9.14. The standard InChI is InChI=1S/C26H44B2O2/c1-17-21-13-19(25(21,3)4)15-23(17)27(9-7-10-28-29-11-8-12-30-28)24-16-20-14-22(18(24)2)26(20,5)6/h7,10,17-24H,8-9,11-16H2,1-6H3/b10-7+/t17-,18-,19+,20+,21-,22-,23-,24-/m1/s1. The van der Waals surface area contributed by atoms with E-state index in [-0.39, 0.29) is 7.12 Å². The van der Waals surface area contributed by atoms with E-state index in [0.29, 0.717) is 10.8 Å². The summed E-state index contributed by atoms with van der Waals surface area (Å²) in [6.07, 6.45) is 10.6. The monoisotopic (exact) mass is 410 g/mol. The van der Waals surface area contributed by atoms with Crippen LogP contribution in [0.15, 0.2) is 12.1 Å². The Morgan fingerprint density at radius 2 is 1.33 bits per heavy atom. The Morgan fingerprint density at radius 3 is 1.77 bits per heavy atom. The Kier molecular flexibility index (Phi) is 5.54. The predicted octanol–water partition coefficient (Wildman–Crippen LogP) is 6.65. The molecule has 2 nitrogen and oxygen atoms in total. The van der Waals surface area contributed by atoms with Gasteiger partial charge in [0.15, 0.2) is 6.71 Å². The van der Waals surface area contributed by atoms with Crippen molar-refractivity contribution in [3.8, 4) is 0 Å². The molecule has 1 aliphatic heterocycles. The zero-order chi connectivity index (χ0) is 21.3. The second-order valence-corrected chi connectivity index (χ2v) is 13.0. The quantitative estimate of drug-likeness (QED) is 0.473. The third kappa shape index (κ3) is 3.30. The van der Waals surface area contributed by atoms with Crippen LogP contribution in [0.2, 0.25) is 18.0 Å². The van der Waals surface area contributed by atoms with Gasteiger partial charge in [-0.25, -0.2) is 0 Å². The second-order valence-electron chi connectivity index (χ2n) is 13.0. The SMILES string of the molecule is C[C@@H]1[C@H]2C[C@@H](C[C@H]1B(C/C=C/B1OCCCO1)[C@@H]1C[C@@H]3C[C@H]([C@H]1C)C3(C)C)C2(C)C. The van der Waals surface area contributed by atoms with E-state index in [9.17, 15) is 0 Å². The van der Waals surface area contributed by atoms with Crippen molar-refractivity contribution >= 4 is 13.8 Å². The summed E-state index contributed by atoms with van der Waals surface area (Å²) in [5, 5.41) is 0. The highest BCUT2D eigenvalue weighted by Crippen LogP contribution is 2.69. The highest BCUT2D eigenvalue weighted by Gasteiger charge is 2.62. The highest BCUT2D eigenvalue weighted by atomic mass is 16.6. The first kappa shape index (κ1) is 21.6. The lowest BCUT2D eigenvalue weighted by molar-refractivity contribution is -0.107. The van der Waals surface area contributed by atoms with Crippen LogP contribution < -0.4 is 0 Å². The van der Waals surface area contributed by atoms with Gasteiger partial charge >= 0.3 is 7.12 Å². The molecule has 7 aliphatic rings. The normalized spacial score (nSPS) is 46.3. The van der Waals surface area contributed by atoms with E-state index in [1.54, 1.807) is 0 Å². The predicted molar refractivity (Wildman–Crippen MR) is 128 cm³/mol. The molecule has 1 saturated heterocycles. The van der Waals surface area contributed by atoms with Crippen LogP contribution in [0.1, 0.15) is 73.6 Å². The van der Waals surface area contributed by atoms with E-state index < -0.39 is 0 Å². The third-order valence-corrected chi connectivity index (χ3v) is 11.5. The minimum absolute atomic E-state index is 0.105. The van der Waals surface area contributed by atoms with E-state index in [0.717, 1.165) is 73.5 Å². The van der Waals surface area contributed by atoms with Crippen molar-refractivity contribution in [2.45, 2.75) is 91.6 Å². The lowest BCUT2D eigenvalue weighted by atomic mass is 9.20. The molecule has 0 spiro atoms. The lowest BCUT2D eigenvalue weighted by Gasteiger charge is -2.66. The fourth-order valence-corrected chi connectivity index (χ4v) is 9.14. The molecule has 0 unspecified atom stereocenters. The number of fused-ring (bicyclic) bond motifs is 4. The average Bonchev–Trinajstić information content (AvgIpc) is 2.72. The van der Waals surface area contributed by atoms with Crippen LogP contribution in [0.25, 0.3) is 0 Å². The molecule has 1 heterocycles. The van der Waals surface area contributed by atoms with Crippen molar-refractivity contribution in [1.29, 1.82) is 0 Å². The highest BCUT2D eigenvalue weighted by molar-refractivity contribution is 6.63. The first-order valence-electron chi connectivity index (χ1n) is 13.1. The molecule has 0 aromatic rings. The summed E-state index contributed by atoms with van der Waals surface area (Å²) in [5.74, 6) is 9.62. The summed E-state index contributed by atoms with van der Waals surface area (Å²) in [4.78, 5) is 0. The van der Waals surface area contributed by atoms with E-state index in [2.05, 4.69) is 53.6 Å². The van der Waals surface area contributed by atoms with Crippen molar-refractivity contribution in [3.05, 3.63) is 12.1 Å². The first-order chi connectivity index (χ1) is 14.2. The molecular weight excluding hydrogens is 366 g/mol. The molecular formula is C26H44B2O2. The topological polar surface area (TPSA) is 18.5 Å². The molecule has 7 rings (SSSR count). The van der Waals surface area contributed by atoms with Crippen LogP contribution in [-0.2, 0) is 9.31 Å². The number of allylic oxidation sites excluding steroid dienone is 1. The fraction of sp³-hybridized carbons (Fsp3) is 0.923. The maximum Gasteiger partial charge on any atom is 0.485 e. The minimum Gasteiger partial charge on any atom is -0.408 e. The van der Waals surface area contributed by atoms with Gasteiger partial charge in [0.2, 0.25) is 0 Å². The van der Waals surface area contributed by atoms with Gasteiger partial charge in [0.05, 0.1) is 0 Å². The summed E-state index contributed by atoms with van der Waals surface area (Å²) in [6.45, 7) is 17.9. The van der Waals surface area contributed by atoms with Crippen LogP contribution in [0.5, 0.6) is 0 Å². The zero-order valence-corrected chi connectivity index (χ0v) is 20.4. The van der Waals surface area contributed by atoms with E-state index in [4.69, 9.17) is 9.31 Å². The summed E-state index contributed by atoms with van der Waals surface area (Å²) in [6, 6.07) is 0. The molecule has 7 fully saturated rings. The largest absolute Gasteiger partial charge is 0.485 e. The van der Waals surface area contributed by atoms with Gasteiger partial charge in [0.1, 0.15) is 0 Å². The van der Waals surface area contributed by atoms with E-state index in [1.165, 1.54) is 32.0 Å². The zero-order valence-electron chi connectivity index (χ0n) is 20.4. The van der Waals surface area contributed by atoms with Gasteiger partial charge in [-0.05, 0) is 65.6 Å². The summed E-state index contributed by atoms with van der Waals surface area (Å²) >= 11 is 0. The Labute approximate surface area is 186 Å². The van der Waals surface area contributed by atoms with Gasteiger partial charge < -0.3 is 9.31 Å². The van der Waals surface area contributed by atoms with Gasteiger partial charge in [-0.3, -0.25) is 0 Å². The summed E-state index contributed by atoms with van der Waals surface area (Å²) in [5.41, 5.74) is 1.17. The molecule has 166 valence electrons. The first-order valence-corrected chi connectivity index (χ1v) is 13.1. The van der Waals surface area contributed by atoms with Gasteiger partial charge in [-0.1, -0.05) is 84.4 Å². The Bertz CT molecular complexity index is 626. The van der Waals surface area contributed by atoms with Crippen LogP contribution in [0.4, 0.5) is 0 Å². The molecule has 0 amide bonds. The van der Waals surface area contributed by atoms with Crippen LogP contribution in [0, 0.1) is 46.3 Å². The van der Waals surface area contributed by atoms with Gasteiger partial charge in [-0.2, -0.15) is 0 Å². The summed E-state index contributed by atoms with van der Waals surface area (Å²) < 4.78 is 11.6. The molecule has 6 aliphatic carbocycles. The maximum atomic E-state index is 5.79. The van der Waals surface area contributed by atoms with E-state index >= 15 is 0 Å². The van der Waals surface area contributed by atoms with Gasteiger partial charge in [0, 0.05) is 13.2 Å². The molecule has 30 heavy (non-hydrogen) atoms. The van der Waals surface area contributed by atoms with Crippen LogP contribution in [0.3, 0.4) is 0 Å². The van der Waals surface area contributed by atoms with Crippen molar-refractivity contribution < 1.29 is 9.31 Å². The van der Waals surface area contributed by atoms with Crippen molar-refractivity contribution in [2.24, 2.45) is 46.3 Å². The molecule has 4 bridgehead atoms. The van der Waals surface area contributed by atoms with Crippen LogP contribution in [-0.4, -0.2) is 27.0 Å². The second kappa shape index (κ2) is 7.68. The Hall–Kier alpha value is -0.210. The Balaban J connectivity index is 1.34. The number of rotatable bonds is 5. The van der Waals surface area contributed by atoms with Crippen molar-refractivity contribution in [3.63, 3.8) is 0 Å². The Morgan fingerprint density at radius 1 is 0.833 bits per heavy atom. The van der Waals surface area contributed by atoms with Gasteiger partial charge in [0.25, 0.3) is 0 Å². The molecule has 4 heteroatoms. The van der Waals surface area contributed by atoms with E-state index in [1.807, 2.05) is 0 Å². The molecule has 0 N–H and O–H groups in total. The smallest absolute Gasteiger partial charge is 0.408 e. The molecule has 8 atom stereocenters. The maximum absolute atomic E-state index is 5.79.